The smallest absolute Gasteiger partial charge is 0.206 e. The standard InChI is InChI=1S/C17H20O2S/c1-4-14-5-9-16(10-6-14)20(18,19)17-11-7-15(8-12-17)13(2)3/h5-13H,4H2,1-3H3. The van der Waals surface area contributed by atoms with Crippen LogP contribution in [0.2, 0.25) is 0 Å². The monoisotopic (exact) mass is 288 g/mol. The van der Waals surface area contributed by atoms with Gasteiger partial charge in [0.1, 0.15) is 0 Å². The summed E-state index contributed by atoms with van der Waals surface area (Å²) in [6, 6.07) is 14.3. The number of aryl methyl sites for hydroxylation is 1. The first kappa shape index (κ1) is 14.8. The Kier molecular flexibility index (Phi) is 4.29. The van der Waals surface area contributed by atoms with Gasteiger partial charge in [-0.05, 0) is 47.7 Å². The second-order valence-corrected chi connectivity index (χ2v) is 7.17. The highest BCUT2D eigenvalue weighted by atomic mass is 32.2. The van der Waals surface area contributed by atoms with Crippen LogP contribution in [0.3, 0.4) is 0 Å². The Morgan fingerprint density at radius 3 is 1.70 bits per heavy atom. The van der Waals surface area contributed by atoms with Gasteiger partial charge in [0.25, 0.3) is 0 Å². The molecule has 0 aliphatic carbocycles. The molecule has 106 valence electrons. The van der Waals surface area contributed by atoms with Crippen LogP contribution < -0.4 is 0 Å². The molecular weight excluding hydrogens is 268 g/mol. The van der Waals surface area contributed by atoms with Gasteiger partial charge in [0.2, 0.25) is 9.84 Å². The molecule has 0 atom stereocenters. The predicted molar refractivity (Wildman–Crippen MR) is 81.8 cm³/mol. The molecule has 3 heteroatoms. The maximum Gasteiger partial charge on any atom is 0.206 e. The van der Waals surface area contributed by atoms with Crippen LogP contribution in [0.15, 0.2) is 58.3 Å². The SMILES string of the molecule is CCc1ccc(S(=O)(=O)c2ccc(C(C)C)cc2)cc1. The molecule has 20 heavy (non-hydrogen) atoms. The van der Waals surface area contributed by atoms with Gasteiger partial charge in [-0.25, -0.2) is 8.42 Å². The molecule has 2 aromatic rings. The molecule has 0 N–H and O–H groups in total. The molecule has 0 spiro atoms. The summed E-state index contributed by atoms with van der Waals surface area (Å²) >= 11 is 0. The summed E-state index contributed by atoms with van der Waals surface area (Å²) in [6.45, 7) is 6.23. The summed E-state index contributed by atoms with van der Waals surface area (Å²) in [5, 5.41) is 0. The zero-order chi connectivity index (χ0) is 14.8. The maximum atomic E-state index is 12.5. The fourth-order valence-corrected chi connectivity index (χ4v) is 3.33. The molecule has 0 aliphatic heterocycles. The van der Waals surface area contributed by atoms with Crippen molar-refractivity contribution in [3.05, 3.63) is 59.7 Å². The third kappa shape index (κ3) is 2.93. The van der Waals surface area contributed by atoms with Gasteiger partial charge in [0.05, 0.1) is 9.79 Å². The van der Waals surface area contributed by atoms with E-state index in [1.54, 1.807) is 24.3 Å². The van der Waals surface area contributed by atoms with E-state index in [4.69, 9.17) is 0 Å². The van der Waals surface area contributed by atoms with Crippen molar-refractivity contribution in [3.63, 3.8) is 0 Å². The molecule has 0 radical (unpaired) electrons. The Morgan fingerprint density at radius 1 is 0.850 bits per heavy atom. The summed E-state index contributed by atoms with van der Waals surface area (Å²) in [5.74, 6) is 0.399. The van der Waals surface area contributed by atoms with Crippen LogP contribution in [-0.2, 0) is 16.3 Å². The van der Waals surface area contributed by atoms with E-state index >= 15 is 0 Å². The molecule has 2 aromatic carbocycles. The fraction of sp³-hybridized carbons (Fsp3) is 0.294. The minimum Gasteiger partial charge on any atom is -0.219 e. The first-order chi connectivity index (χ1) is 9.45. The molecule has 0 aliphatic rings. The Bertz CT molecular complexity index is 666. The summed E-state index contributed by atoms with van der Waals surface area (Å²) in [7, 11) is -3.41. The quantitative estimate of drug-likeness (QED) is 0.844. The second-order valence-electron chi connectivity index (χ2n) is 5.22. The maximum absolute atomic E-state index is 12.5. The van der Waals surface area contributed by atoms with Crippen molar-refractivity contribution < 1.29 is 8.42 Å². The fourth-order valence-electron chi connectivity index (χ4n) is 2.07. The van der Waals surface area contributed by atoms with Crippen LogP contribution in [0.1, 0.15) is 37.8 Å². The lowest BCUT2D eigenvalue weighted by Gasteiger charge is -2.08. The van der Waals surface area contributed by atoms with E-state index in [9.17, 15) is 8.42 Å². The van der Waals surface area contributed by atoms with E-state index < -0.39 is 9.84 Å². The normalized spacial score (nSPS) is 11.8. The average molecular weight is 288 g/mol. The first-order valence-corrected chi connectivity index (χ1v) is 8.37. The molecule has 0 unspecified atom stereocenters. The van der Waals surface area contributed by atoms with E-state index in [1.165, 1.54) is 0 Å². The first-order valence-electron chi connectivity index (χ1n) is 6.89. The number of benzene rings is 2. The molecular formula is C17H20O2S. The van der Waals surface area contributed by atoms with Crippen molar-refractivity contribution >= 4 is 9.84 Å². The van der Waals surface area contributed by atoms with Crippen LogP contribution >= 0.6 is 0 Å². The highest BCUT2D eigenvalue weighted by Crippen LogP contribution is 2.23. The van der Waals surface area contributed by atoms with Crippen LogP contribution in [-0.4, -0.2) is 8.42 Å². The van der Waals surface area contributed by atoms with Gasteiger partial charge in [-0.3, -0.25) is 0 Å². The third-order valence-electron chi connectivity index (χ3n) is 3.50. The van der Waals surface area contributed by atoms with Crippen LogP contribution in [0.4, 0.5) is 0 Å². The van der Waals surface area contributed by atoms with E-state index in [0.717, 1.165) is 17.5 Å². The van der Waals surface area contributed by atoms with Crippen molar-refractivity contribution in [2.75, 3.05) is 0 Å². The van der Waals surface area contributed by atoms with Gasteiger partial charge in [-0.1, -0.05) is 45.0 Å². The summed E-state index contributed by atoms with van der Waals surface area (Å²) < 4.78 is 25.0. The Hall–Kier alpha value is -1.61. The molecule has 2 rings (SSSR count). The lowest BCUT2D eigenvalue weighted by Crippen LogP contribution is -2.02. The molecule has 0 amide bonds. The van der Waals surface area contributed by atoms with Crippen molar-refractivity contribution in [1.82, 2.24) is 0 Å². The second kappa shape index (κ2) is 5.80. The summed E-state index contributed by atoms with van der Waals surface area (Å²) in [4.78, 5) is 0.707. The molecule has 0 aromatic heterocycles. The lowest BCUT2D eigenvalue weighted by molar-refractivity contribution is 0.596. The number of hydrogen-bond donors (Lipinski definition) is 0. The Morgan fingerprint density at radius 2 is 1.30 bits per heavy atom. The van der Waals surface area contributed by atoms with Crippen molar-refractivity contribution in [2.45, 2.75) is 42.9 Å². The minimum atomic E-state index is -3.41. The zero-order valence-electron chi connectivity index (χ0n) is 12.1. The van der Waals surface area contributed by atoms with Crippen LogP contribution in [0.25, 0.3) is 0 Å². The topological polar surface area (TPSA) is 34.1 Å². The molecule has 0 saturated heterocycles. The predicted octanol–water partition coefficient (Wildman–Crippen LogP) is 4.21. The van der Waals surface area contributed by atoms with Crippen LogP contribution in [0.5, 0.6) is 0 Å². The molecule has 0 fully saturated rings. The summed E-state index contributed by atoms with van der Waals surface area (Å²) in [5.41, 5.74) is 2.28. The molecule has 0 heterocycles. The third-order valence-corrected chi connectivity index (χ3v) is 5.28. The number of hydrogen-bond acceptors (Lipinski definition) is 2. The zero-order valence-corrected chi connectivity index (χ0v) is 12.9. The van der Waals surface area contributed by atoms with Crippen molar-refractivity contribution in [1.29, 1.82) is 0 Å². The van der Waals surface area contributed by atoms with E-state index in [-0.39, 0.29) is 0 Å². The number of sulfone groups is 1. The van der Waals surface area contributed by atoms with Gasteiger partial charge < -0.3 is 0 Å². The Labute approximate surface area is 121 Å². The number of rotatable bonds is 4. The average Bonchev–Trinajstić information content (AvgIpc) is 2.47. The van der Waals surface area contributed by atoms with E-state index in [1.807, 2.05) is 31.2 Å². The van der Waals surface area contributed by atoms with Gasteiger partial charge in [0.15, 0.2) is 0 Å². The lowest BCUT2D eigenvalue weighted by atomic mass is 10.0. The molecule has 2 nitrogen and oxygen atoms in total. The van der Waals surface area contributed by atoms with Crippen molar-refractivity contribution in [2.24, 2.45) is 0 Å². The van der Waals surface area contributed by atoms with Gasteiger partial charge in [-0.2, -0.15) is 0 Å². The highest BCUT2D eigenvalue weighted by Gasteiger charge is 2.17. The van der Waals surface area contributed by atoms with Gasteiger partial charge in [-0.15, -0.1) is 0 Å². The molecule has 0 bridgehead atoms. The minimum absolute atomic E-state index is 0.353. The Balaban J connectivity index is 2.38. The van der Waals surface area contributed by atoms with Crippen molar-refractivity contribution in [3.8, 4) is 0 Å². The highest BCUT2D eigenvalue weighted by molar-refractivity contribution is 7.91. The van der Waals surface area contributed by atoms with Crippen LogP contribution in [0, 0.1) is 0 Å². The summed E-state index contributed by atoms with van der Waals surface area (Å²) in [6.07, 6.45) is 0.906. The molecule has 0 saturated carbocycles. The van der Waals surface area contributed by atoms with Gasteiger partial charge >= 0.3 is 0 Å². The van der Waals surface area contributed by atoms with E-state index in [2.05, 4.69) is 13.8 Å². The van der Waals surface area contributed by atoms with E-state index in [0.29, 0.717) is 15.7 Å². The van der Waals surface area contributed by atoms with Gasteiger partial charge in [0, 0.05) is 0 Å². The largest absolute Gasteiger partial charge is 0.219 e.